The zero-order valence-corrected chi connectivity index (χ0v) is 13.6. The van der Waals surface area contributed by atoms with Gasteiger partial charge in [0.15, 0.2) is 0 Å². The van der Waals surface area contributed by atoms with Crippen LogP contribution in [0.2, 0.25) is 0 Å². The van der Waals surface area contributed by atoms with Crippen molar-refractivity contribution < 1.29 is 14.6 Å². The Hall–Kier alpha value is -1.03. The highest BCUT2D eigenvalue weighted by Crippen LogP contribution is 2.45. The third kappa shape index (κ3) is 4.00. The van der Waals surface area contributed by atoms with E-state index in [9.17, 15) is 4.79 Å². The maximum Gasteiger partial charge on any atom is 0.303 e. The molecular formula is C17H21BrO3. The molecule has 1 atom stereocenters. The van der Waals surface area contributed by atoms with E-state index >= 15 is 0 Å². The summed E-state index contributed by atoms with van der Waals surface area (Å²) in [6.45, 7) is 0.781. The van der Waals surface area contributed by atoms with E-state index in [4.69, 9.17) is 9.84 Å². The monoisotopic (exact) mass is 352 g/mol. The molecule has 0 radical (unpaired) electrons. The zero-order chi connectivity index (χ0) is 14.8. The first-order valence-electron chi connectivity index (χ1n) is 7.77. The molecule has 0 saturated heterocycles. The Labute approximate surface area is 133 Å². The van der Waals surface area contributed by atoms with Gasteiger partial charge in [0.2, 0.25) is 0 Å². The summed E-state index contributed by atoms with van der Waals surface area (Å²) in [5.74, 6) is 1.48. The fourth-order valence-electron chi connectivity index (χ4n) is 3.00. The normalized spacial score (nSPS) is 19.9. The van der Waals surface area contributed by atoms with Gasteiger partial charge in [-0.2, -0.15) is 0 Å². The lowest BCUT2D eigenvalue weighted by atomic mass is 9.86. The van der Waals surface area contributed by atoms with Gasteiger partial charge in [-0.1, -0.05) is 22.4 Å². The Bertz CT molecular complexity index is 521. The topological polar surface area (TPSA) is 46.5 Å². The standard InChI is InChI=1S/C17H21BrO3/c18-14-6-13(16(9-17(19)20)12-4-5-12)7-15(8-14)21-10-11-2-1-3-11/h6-8,11-12,16H,1-5,9-10H2,(H,19,20). The largest absolute Gasteiger partial charge is 0.493 e. The number of carboxylic acids is 1. The van der Waals surface area contributed by atoms with Crippen molar-refractivity contribution in [3.63, 3.8) is 0 Å². The smallest absolute Gasteiger partial charge is 0.303 e. The number of aliphatic carboxylic acids is 1. The maximum atomic E-state index is 11.1. The van der Waals surface area contributed by atoms with Gasteiger partial charge in [-0.15, -0.1) is 0 Å². The van der Waals surface area contributed by atoms with Gasteiger partial charge in [0, 0.05) is 4.47 Å². The second kappa shape index (κ2) is 6.39. The summed E-state index contributed by atoms with van der Waals surface area (Å²) >= 11 is 3.53. The van der Waals surface area contributed by atoms with Crippen LogP contribution in [0.5, 0.6) is 5.75 Å². The van der Waals surface area contributed by atoms with Gasteiger partial charge in [-0.25, -0.2) is 0 Å². The summed E-state index contributed by atoms with van der Waals surface area (Å²) in [5, 5.41) is 9.13. The molecule has 3 nitrogen and oxygen atoms in total. The van der Waals surface area contributed by atoms with E-state index in [1.165, 1.54) is 19.3 Å². The molecule has 1 aromatic rings. The highest BCUT2D eigenvalue weighted by atomic mass is 79.9. The van der Waals surface area contributed by atoms with Crippen LogP contribution in [-0.2, 0) is 4.79 Å². The lowest BCUT2D eigenvalue weighted by Gasteiger charge is -2.25. The SMILES string of the molecule is O=C(O)CC(c1cc(Br)cc(OCC2CCC2)c1)C1CC1. The van der Waals surface area contributed by atoms with Crippen LogP contribution in [0.3, 0.4) is 0 Å². The summed E-state index contributed by atoms with van der Waals surface area (Å²) < 4.78 is 6.88. The van der Waals surface area contributed by atoms with Crippen molar-refractivity contribution in [3.05, 3.63) is 28.2 Å². The number of rotatable bonds is 7. The number of hydrogen-bond acceptors (Lipinski definition) is 2. The molecule has 2 aliphatic carbocycles. The van der Waals surface area contributed by atoms with Crippen molar-refractivity contribution in [2.24, 2.45) is 11.8 Å². The molecule has 0 aromatic heterocycles. The first-order chi connectivity index (χ1) is 10.1. The highest BCUT2D eigenvalue weighted by molar-refractivity contribution is 9.10. The molecule has 2 aliphatic rings. The maximum absolute atomic E-state index is 11.1. The van der Waals surface area contributed by atoms with Crippen LogP contribution >= 0.6 is 15.9 Å². The Kier molecular flexibility index (Phi) is 4.53. The molecule has 2 fully saturated rings. The van der Waals surface area contributed by atoms with E-state index < -0.39 is 5.97 Å². The van der Waals surface area contributed by atoms with Gasteiger partial charge < -0.3 is 9.84 Å². The summed E-state index contributed by atoms with van der Waals surface area (Å²) in [6.07, 6.45) is 6.35. The number of halogens is 1. The van der Waals surface area contributed by atoms with Gasteiger partial charge in [0.05, 0.1) is 13.0 Å². The minimum Gasteiger partial charge on any atom is -0.493 e. The molecule has 0 bridgehead atoms. The molecule has 4 heteroatoms. The first-order valence-corrected chi connectivity index (χ1v) is 8.56. The molecule has 1 unspecified atom stereocenters. The van der Waals surface area contributed by atoms with Crippen molar-refractivity contribution in [2.75, 3.05) is 6.61 Å². The molecule has 1 aromatic carbocycles. The minimum atomic E-state index is -0.719. The lowest BCUT2D eigenvalue weighted by molar-refractivity contribution is -0.137. The van der Waals surface area contributed by atoms with Gasteiger partial charge in [-0.05, 0) is 67.2 Å². The zero-order valence-electron chi connectivity index (χ0n) is 12.1. The predicted molar refractivity (Wildman–Crippen MR) is 84.7 cm³/mol. The summed E-state index contributed by atoms with van der Waals surface area (Å²) in [6, 6.07) is 6.06. The second-order valence-electron chi connectivity index (χ2n) is 6.37. The average molecular weight is 353 g/mol. The molecule has 0 heterocycles. The Morgan fingerprint density at radius 3 is 2.62 bits per heavy atom. The molecular weight excluding hydrogens is 332 g/mol. The van der Waals surface area contributed by atoms with Crippen molar-refractivity contribution >= 4 is 21.9 Å². The summed E-state index contributed by atoms with van der Waals surface area (Å²) in [5.41, 5.74) is 1.10. The third-order valence-electron chi connectivity index (χ3n) is 4.62. The molecule has 0 spiro atoms. The van der Waals surface area contributed by atoms with E-state index in [2.05, 4.69) is 15.9 Å². The fraction of sp³-hybridized carbons (Fsp3) is 0.588. The molecule has 2 saturated carbocycles. The van der Waals surface area contributed by atoms with Gasteiger partial charge >= 0.3 is 5.97 Å². The van der Waals surface area contributed by atoms with E-state index in [1.807, 2.05) is 18.2 Å². The van der Waals surface area contributed by atoms with Crippen molar-refractivity contribution in [3.8, 4) is 5.75 Å². The number of carbonyl (C=O) groups is 1. The van der Waals surface area contributed by atoms with E-state index in [0.717, 1.165) is 35.2 Å². The van der Waals surface area contributed by atoms with Crippen molar-refractivity contribution in [1.29, 1.82) is 0 Å². The summed E-state index contributed by atoms with van der Waals surface area (Å²) in [7, 11) is 0. The average Bonchev–Trinajstić information content (AvgIpc) is 3.17. The van der Waals surface area contributed by atoms with Gasteiger partial charge in [-0.3, -0.25) is 4.79 Å². The Balaban J connectivity index is 1.73. The van der Waals surface area contributed by atoms with E-state index in [-0.39, 0.29) is 12.3 Å². The lowest BCUT2D eigenvalue weighted by Crippen LogP contribution is -2.19. The van der Waals surface area contributed by atoms with Crippen LogP contribution < -0.4 is 4.74 Å². The molecule has 0 amide bonds. The quantitative estimate of drug-likeness (QED) is 0.780. The van der Waals surface area contributed by atoms with Gasteiger partial charge in [0.25, 0.3) is 0 Å². The van der Waals surface area contributed by atoms with Crippen LogP contribution in [0.4, 0.5) is 0 Å². The first kappa shape index (κ1) is 14.9. The number of carboxylic acid groups (broad SMARTS) is 1. The summed E-state index contributed by atoms with van der Waals surface area (Å²) in [4.78, 5) is 11.1. The third-order valence-corrected chi connectivity index (χ3v) is 5.08. The van der Waals surface area contributed by atoms with Crippen LogP contribution in [0.25, 0.3) is 0 Å². The highest BCUT2D eigenvalue weighted by Gasteiger charge is 2.34. The molecule has 3 rings (SSSR count). The van der Waals surface area contributed by atoms with Crippen LogP contribution in [-0.4, -0.2) is 17.7 Å². The number of hydrogen-bond donors (Lipinski definition) is 1. The van der Waals surface area contributed by atoms with Crippen LogP contribution in [0, 0.1) is 11.8 Å². The minimum absolute atomic E-state index is 0.117. The molecule has 1 N–H and O–H groups in total. The molecule has 114 valence electrons. The van der Waals surface area contributed by atoms with E-state index in [1.54, 1.807) is 0 Å². The van der Waals surface area contributed by atoms with Crippen LogP contribution in [0.1, 0.15) is 50.0 Å². The Morgan fingerprint density at radius 1 is 1.29 bits per heavy atom. The molecule has 21 heavy (non-hydrogen) atoms. The fourth-order valence-corrected chi connectivity index (χ4v) is 3.49. The van der Waals surface area contributed by atoms with Crippen molar-refractivity contribution in [1.82, 2.24) is 0 Å². The van der Waals surface area contributed by atoms with Crippen molar-refractivity contribution in [2.45, 2.75) is 44.4 Å². The van der Waals surface area contributed by atoms with Gasteiger partial charge in [0.1, 0.15) is 5.75 Å². The Morgan fingerprint density at radius 2 is 2.05 bits per heavy atom. The predicted octanol–water partition coefficient (Wildman–Crippen LogP) is 4.60. The van der Waals surface area contributed by atoms with Crippen LogP contribution in [0.15, 0.2) is 22.7 Å². The number of ether oxygens (including phenoxy) is 1. The number of benzene rings is 1. The molecule has 0 aliphatic heterocycles. The second-order valence-corrected chi connectivity index (χ2v) is 7.29. The van der Waals surface area contributed by atoms with E-state index in [0.29, 0.717) is 11.8 Å².